The van der Waals surface area contributed by atoms with Crippen LogP contribution in [0.25, 0.3) is 0 Å². The quantitative estimate of drug-likeness (QED) is 0.673. The highest BCUT2D eigenvalue weighted by atomic mass is 16.1. The van der Waals surface area contributed by atoms with Gasteiger partial charge in [-0.1, -0.05) is 30.4 Å². The molecule has 1 aliphatic carbocycles. The highest BCUT2D eigenvalue weighted by Crippen LogP contribution is 2.01. The topological polar surface area (TPSA) is 55.1 Å². The van der Waals surface area contributed by atoms with Crippen molar-refractivity contribution in [2.75, 3.05) is 13.1 Å². The molecule has 0 bridgehead atoms. The van der Waals surface area contributed by atoms with Gasteiger partial charge in [-0.25, -0.2) is 0 Å². The van der Waals surface area contributed by atoms with E-state index in [4.69, 9.17) is 5.73 Å². The lowest BCUT2D eigenvalue weighted by molar-refractivity contribution is -0.117. The van der Waals surface area contributed by atoms with Gasteiger partial charge in [0.2, 0.25) is 0 Å². The smallest absolute Gasteiger partial charge is 0.251 e. The van der Waals surface area contributed by atoms with Crippen molar-refractivity contribution in [2.24, 2.45) is 5.73 Å². The summed E-state index contributed by atoms with van der Waals surface area (Å²) in [6.45, 7) is 1.22. The van der Waals surface area contributed by atoms with Gasteiger partial charge in [0.1, 0.15) is 0 Å². The monoisotopic (exact) mass is 204 g/mol. The van der Waals surface area contributed by atoms with Crippen LogP contribution in [0.2, 0.25) is 0 Å². The Bertz CT molecular complexity index is 325. The van der Waals surface area contributed by atoms with Crippen molar-refractivity contribution < 1.29 is 4.79 Å². The van der Waals surface area contributed by atoms with Gasteiger partial charge in [-0.15, -0.1) is 0 Å². The van der Waals surface area contributed by atoms with E-state index in [1.807, 2.05) is 30.4 Å². The molecule has 0 saturated heterocycles. The predicted molar refractivity (Wildman–Crippen MR) is 62.2 cm³/mol. The summed E-state index contributed by atoms with van der Waals surface area (Å²) < 4.78 is 0. The number of nitrogens with two attached hydrogens (primary N) is 1. The fraction of sp³-hybridized carbons (Fsp3) is 0.250. The van der Waals surface area contributed by atoms with E-state index in [2.05, 4.69) is 5.32 Å². The van der Waals surface area contributed by atoms with Crippen LogP contribution in [0.4, 0.5) is 0 Å². The van der Waals surface area contributed by atoms with E-state index in [-0.39, 0.29) is 5.91 Å². The average molecular weight is 204 g/mol. The SMILES string of the molecule is NCCCNC(=O)C1=C/C=C\C=C/C=C1. The van der Waals surface area contributed by atoms with Gasteiger partial charge in [0.25, 0.3) is 5.91 Å². The molecule has 0 atom stereocenters. The highest BCUT2D eigenvalue weighted by molar-refractivity contribution is 5.96. The first-order chi connectivity index (χ1) is 7.34. The number of carbonyl (C=O) groups excluding carboxylic acids is 1. The first-order valence-corrected chi connectivity index (χ1v) is 5.04. The number of hydrogen-bond donors (Lipinski definition) is 2. The van der Waals surface area contributed by atoms with E-state index in [1.165, 1.54) is 0 Å². The number of nitrogens with one attached hydrogen (secondary N) is 1. The molecule has 1 aliphatic rings. The van der Waals surface area contributed by atoms with Crippen molar-refractivity contribution in [1.82, 2.24) is 5.32 Å². The maximum Gasteiger partial charge on any atom is 0.251 e. The molecule has 1 amide bonds. The average Bonchev–Trinajstić information content (AvgIpc) is 2.17. The summed E-state index contributed by atoms with van der Waals surface area (Å²) in [5.74, 6) is -0.0559. The number of amides is 1. The molecule has 0 aromatic rings. The zero-order valence-corrected chi connectivity index (χ0v) is 8.65. The molecule has 0 saturated carbocycles. The Morgan fingerprint density at radius 2 is 1.93 bits per heavy atom. The summed E-state index contributed by atoms with van der Waals surface area (Å²) in [5, 5.41) is 2.81. The first-order valence-electron chi connectivity index (χ1n) is 5.04. The maximum atomic E-state index is 11.6. The van der Waals surface area contributed by atoms with Crippen LogP contribution in [-0.4, -0.2) is 19.0 Å². The molecule has 3 nitrogen and oxygen atoms in total. The van der Waals surface area contributed by atoms with Crippen LogP contribution in [0.15, 0.2) is 48.1 Å². The molecular weight excluding hydrogens is 188 g/mol. The summed E-state index contributed by atoms with van der Waals surface area (Å²) in [7, 11) is 0. The van der Waals surface area contributed by atoms with Crippen LogP contribution >= 0.6 is 0 Å². The lowest BCUT2D eigenvalue weighted by Crippen LogP contribution is -2.26. The van der Waals surface area contributed by atoms with Crippen molar-refractivity contribution >= 4 is 5.91 Å². The molecule has 3 heteroatoms. The van der Waals surface area contributed by atoms with Gasteiger partial charge in [0.05, 0.1) is 0 Å². The molecule has 80 valence electrons. The molecule has 0 spiro atoms. The van der Waals surface area contributed by atoms with Crippen LogP contribution < -0.4 is 11.1 Å². The van der Waals surface area contributed by atoms with Gasteiger partial charge in [-0.05, 0) is 25.1 Å². The Kier molecular flexibility index (Phi) is 5.19. The fourth-order valence-electron chi connectivity index (χ4n) is 1.12. The fourth-order valence-corrected chi connectivity index (χ4v) is 1.12. The molecule has 3 N–H and O–H groups in total. The largest absolute Gasteiger partial charge is 0.352 e. The molecule has 15 heavy (non-hydrogen) atoms. The normalized spacial score (nSPS) is 18.6. The first kappa shape index (κ1) is 11.5. The third kappa shape index (κ3) is 4.42. The Labute approximate surface area is 90.0 Å². The second-order valence-electron chi connectivity index (χ2n) is 3.15. The second kappa shape index (κ2) is 6.79. The van der Waals surface area contributed by atoms with Gasteiger partial charge in [0, 0.05) is 12.1 Å². The molecule has 0 aromatic carbocycles. The third-order valence-corrected chi connectivity index (χ3v) is 1.92. The van der Waals surface area contributed by atoms with Gasteiger partial charge in [-0.2, -0.15) is 0 Å². The van der Waals surface area contributed by atoms with Crippen LogP contribution in [0.3, 0.4) is 0 Å². The summed E-state index contributed by atoms with van der Waals surface area (Å²) in [4.78, 5) is 11.6. The van der Waals surface area contributed by atoms with Crippen LogP contribution in [0.5, 0.6) is 0 Å². The van der Waals surface area contributed by atoms with E-state index < -0.39 is 0 Å². The van der Waals surface area contributed by atoms with Crippen molar-refractivity contribution in [3.63, 3.8) is 0 Å². The standard InChI is InChI=1S/C12H16N2O/c13-9-6-10-14-12(15)11-7-4-2-1-3-5-8-11/h1-5,7-8H,6,9-10,13H2,(H,14,15)/b2-1-,3-1?,4-2?,5-3-,7-4?,8-5?,11-7?,11-8?. The zero-order valence-electron chi connectivity index (χ0n) is 8.65. The molecule has 0 fully saturated rings. The van der Waals surface area contributed by atoms with Gasteiger partial charge in [-0.3, -0.25) is 4.79 Å². The molecule has 0 aliphatic heterocycles. The van der Waals surface area contributed by atoms with E-state index in [0.29, 0.717) is 18.7 Å². The van der Waals surface area contributed by atoms with E-state index in [9.17, 15) is 4.79 Å². The third-order valence-electron chi connectivity index (χ3n) is 1.92. The van der Waals surface area contributed by atoms with Gasteiger partial charge >= 0.3 is 0 Å². The molecule has 1 rings (SSSR count). The summed E-state index contributed by atoms with van der Waals surface area (Å²) in [6, 6.07) is 0. The van der Waals surface area contributed by atoms with E-state index in [1.54, 1.807) is 12.2 Å². The number of hydrogen-bond acceptors (Lipinski definition) is 2. The lowest BCUT2D eigenvalue weighted by Gasteiger charge is -2.04. The zero-order chi connectivity index (χ0) is 10.9. The van der Waals surface area contributed by atoms with Crippen molar-refractivity contribution in [2.45, 2.75) is 6.42 Å². The minimum Gasteiger partial charge on any atom is -0.352 e. The Balaban J connectivity index is 2.51. The molecular formula is C12H16N2O. The molecule has 0 unspecified atom stereocenters. The highest BCUT2D eigenvalue weighted by Gasteiger charge is 2.03. The Morgan fingerprint density at radius 1 is 1.20 bits per heavy atom. The Hall–Kier alpha value is -1.61. The van der Waals surface area contributed by atoms with Crippen LogP contribution in [0, 0.1) is 0 Å². The van der Waals surface area contributed by atoms with Crippen molar-refractivity contribution in [1.29, 1.82) is 0 Å². The molecule has 0 aromatic heterocycles. The van der Waals surface area contributed by atoms with Crippen LogP contribution in [0.1, 0.15) is 6.42 Å². The number of allylic oxidation sites excluding steroid dienone is 6. The minimum atomic E-state index is -0.0559. The predicted octanol–water partition coefficient (Wildman–Crippen LogP) is 1.06. The summed E-state index contributed by atoms with van der Waals surface area (Å²) in [6.07, 6.45) is 13.8. The maximum absolute atomic E-state index is 11.6. The van der Waals surface area contributed by atoms with Crippen LogP contribution in [-0.2, 0) is 4.79 Å². The van der Waals surface area contributed by atoms with Gasteiger partial charge < -0.3 is 11.1 Å². The number of carbonyl (C=O) groups is 1. The number of rotatable bonds is 4. The molecule has 0 heterocycles. The van der Waals surface area contributed by atoms with E-state index >= 15 is 0 Å². The second-order valence-corrected chi connectivity index (χ2v) is 3.15. The van der Waals surface area contributed by atoms with Crippen molar-refractivity contribution in [3.8, 4) is 0 Å². The van der Waals surface area contributed by atoms with E-state index in [0.717, 1.165) is 6.42 Å². The van der Waals surface area contributed by atoms with Gasteiger partial charge in [0.15, 0.2) is 0 Å². The molecule has 0 radical (unpaired) electrons. The summed E-state index contributed by atoms with van der Waals surface area (Å²) >= 11 is 0. The summed E-state index contributed by atoms with van der Waals surface area (Å²) in [5.41, 5.74) is 6.00. The lowest BCUT2D eigenvalue weighted by atomic mass is 10.1. The van der Waals surface area contributed by atoms with Crippen molar-refractivity contribution in [3.05, 3.63) is 48.1 Å². The Morgan fingerprint density at radius 3 is 2.73 bits per heavy atom. The minimum absolute atomic E-state index is 0.0559.